The summed E-state index contributed by atoms with van der Waals surface area (Å²) in [7, 11) is 1.35. The van der Waals surface area contributed by atoms with Gasteiger partial charge in [0, 0.05) is 16.3 Å². The van der Waals surface area contributed by atoms with Crippen molar-refractivity contribution in [2.75, 3.05) is 13.7 Å². The highest BCUT2D eigenvalue weighted by Crippen LogP contribution is 2.37. The lowest BCUT2D eigenvalue weighted by atomic mass is 10.1. The number of carbonyl (C=O) groups excluding carboxylic acids is 1. The summed E-state index contributed by atoms with van der Waals surface area (Å²) >= 11 is 0. The molecule has 1 saturated heterocycles. The van der Waals surface area contributed by atoms with Crippen LogP contribution < -0.4 is 0 Å². The van der Waals surface area contributed by atoms with Crippen LogP contribution in [0.3, 0.4) is 0 Å². The molecule has 1 aromatic carbocycles. The van der Waals surface area contributed by atoms with E-state index in [2.05, 4.69) is 9.97 Å². The van der Waals surface area contributed by atoms with Crippen LogP contribution in [0.4, 0.5) is 0 Å². The Morgan fingerprint density at radius 2 is 2.12 bits per heavy atom. The van der Waals surface area contributed by atoms with Gasteiger partial charge in [-0.1, -0.05) is 18.2 Å². The van der Waals surface area contributed by atoms with Gasteiger partial charge < -0.3 is 19.2 Å². The first-order valence-corrected chi connectivity index (χ1v) is 7.80. The molecule has 6 heteroatoms. The van der Waals surface area contributed by atoms with Crippen LogP contribution in [0, 0.1) is 0 Å². The Kier molecular flexibility index (Phi) is 3.33. The quantitative estimate of drug-likeness (QED) is 0.731. The SMILES string of the molecule is COC(=O)c1cc2c([nH]c3ccccc32)c([C@@H]2COC(C)(C)O2)n1. The summed E-state index contributed by atoms with van der Waals surface area (Å²) in [5.74, 6) is -1.15. The Balaban J connectivity index is 1.98. The number of nitrogens with zero attached hydrogens (tertiary/aromatic N) is 1. The topological polar surface area (TPSA) is 73.4 Å². The highest BCUT2D eigenvalue weighted by Gasteiger charge is 2.36. The zero-order chi connectivity index (χ0) is 16.9. The molecule has 3 heterocycles. The molecular formula is C18H18N2O4. The largest absolute Gasteiger partial charge is 0.464 e. The van der Waals surface area contributed by atoms with Gasteiger partial charge in [0.2, 0.25) is 0 Å². The normalized spacial score (nSPS) is 19.9. The number of hydrogen-bond acceptors (Lipinski definition) is 5. The molecule has 0 radical (unpaired) electrons. The van der Waals surface area contributed by atoms with Gasteiger partial charge in [0.25, 0.3) is 0 Å². The minimum absolute atomic E-state index is 0.262. The van der Waals surface area contributed by atoms with Gasteiger partial charge in [-0.05, 0) is 26.0 Å². The van der Waals surface area contributed by atoms with Gasteiger partial charge in [-0.25, -0.2) is 9.78 Å². The van der Waals surface area contributed by atoms with Crippen molar-refractivity contribution in [3.63, 3.8) is 0 Å². The van der Waals surface area contributed by atoms with Gasteiger partial charge in [0.1, 0.15) is 11.8 Å². The number of aromatic nitrogens is 2. The highest BCUT2D eigenvalue weighted by atomic mass is 16.7. The molecule has 0 unspecified atom stereocenters. The summed E-state index contributed by atoms with van der Waals surface area (Å²) in [5.41, 5.74) is 2.76. The second-order valence-corrected chi connectivity index (χ2v) is 6.29. The van der Waals surface area contributed by atoms with E-state index < -0.39 is 11.8 Å². The van der Waals surface area contributed by atoms with Crippen LogP contribution in [0.25, 0.3) is 21.8 Å². The third kappa shape index (κ3) is 2.35. The highest BCUT2D eigenvalue weighted by molar-refractivity contribution is 6.09. The van der Waals surface area contributed by atoms with Gasteiger partial charge in [-0.3, -0.25) is 0 Å². The molecule has 0 amide bonds. The second-order valence-electron chi connectivity index (χ2n) is 6.29. The lowest BCUT2D eigenvalue weighted by Gasteiger charge is -2.17. The maximum atomic E-state index is 12.0. The Morgan fingerprint density at radius 1 is 1.33 bits per heavy atom. The molecule has 6 nitrogen and oxygen atoms in total. The zero-order valence-corrected chi connectivity index (χ0v) is 13.8. The predicted octanol–water partition coefficient (Wildman–Crippen LogP) is 3.33. The van der Waals surface area contributed by atoms with Crippen LogP contribution in [0.1, 0.15) is 36.1 Å². The summed E-state index contributed by atoms with van der Waals surface area (Å²) < 4.78 is 16.5. The van der Waals surface area contributed by atoms with E-state index in [0.717, 1.165) is 21.8 Å². The van der Waals surface area contributed by atoms with Crippen molar-refractivity contribution in [3.8, 4) is 0 Å². The van der Waals surface area contributed by atoms with Gasteiger partial charge in [0.15, 0.2) is 5.79 Å². The van der Waals surface area contributed by atoms with E-state index in [1.165, 1.54) is 7.11 Å². The molecule has 0 saturated carbocycles. The summed E-state index contributed by atoms with van der Waals surface area (Å²) in [6, 6.07) is 9.68. The first-order valence-electron chi connectivity index (χ1n) is 7.80. The van der Waals surface area contributed by atoms with E-state index in [0.29, 0.717) is 12.3 Å². The van der Waals surface area contributed by atoms with Gasteiger partial charge in [0.05, 0.1) is 24.9 Å². The number of para-hydroxylation sites is 1. The molecule has 1 aliphatic heterocycles. The Bertz CT molecular complexity index is 945. The number of pyridine rings is 1. The fraction of sp³-hybridized carbons (Fsp3) is 0.333. The van der Waals surface area contributed by atoms with Crippen LogP contribution in [-0.2, 0) is 14.2 Å². The fourth-order valence-corrected chi connectivity index (χ4v) is 3.13. The van der Waals surface area contributed by atoms with Gasteiger partial charge in [-0.2, -0.15) is 0 Å². The van der Waals surface area contributed by atoms with Crippen molar-refractivity contribution in [2.45, 2.75) is 25.7 Å². The molecule has 1 fully saturated rings. The number of methoxy groups -OCH3 is 1. The number of esters is 1. The van der Waals surface area contributed by atoms with Gasteiger partial charge in [-0.15, -0.1) is 0 Å². The molecule has 124 valence electrons. The van der Waals surface area contributed by atoms with Crippen molar-refractivity contribution in [1.82, 2.24) is 9.97 Å². The molecule has 1 atom stereocenters. The average Bonchev–Trinajstić information content (AvgIpc) is 3.13. The fourth-order valence-electron chi connectivity index (χ4n) is 3.13. The van der Waals surface area contributed by atoms with Crippen LogP contribution in [0.5, 0.6) is 0 Å². The number of ether oxygens (including phenoxy) is 3. The Hall–Kier alpha value is -2.44. The zero-order valence-electron chi connectivity index (χ0n) is 13.8. The predicted molar refractivity (Wildman–Crippen MR) is 88.8 cm³/mol. The molecule has 0 bridgehead atoms. The summed E-state index contributed by atoms with van der Waals surface area (Å²) in [4.78, 5) is 19.9. The molecule has 0 spiro atoms. The number of hydrogen-bond donors (Lipinski definition) is 1. The second kappa shape index (κ2) is 5.29. The summed E-state index contributed by atoms with van der Waals surface area (Å²) in [5, 5.41) is 1.95. The van der Waals surface area contributed by atoms with Crippen molar-refractivity contribution < 1.29 is 19.0 Å². The lowest BCUT2D eigenvalue weighted by Crippen LogP contribution is -2.20. The molecule has 3 aromatic rings. The maximum absolute atomic E-state index is 12.0. The van der Waals surface area contributed by atoms with Gasteiger partial charge >= 0.3 is 5.97 Å². The smallest absolute Gasteiger partial charge is 0.356 e. The first kappa shape index (κ1) is 15.1. The van der Waals surface area contributed by atoms with Crippen molar-refractivity contribution >= 4 is 27.8 Å². The first-order chi connectivity index (χ1) is 11.5. The van der Waals surface area contributed by atoms with E-state index in [9.17, 15) is 4.79 Å². The van der Waals surface area contributed by atoms with E-state index in [1.54, 1.807) is 6.07 Å². The molecule has 0 aliphatic carbocycles. The number of benzene rings is 1. The Labute approximate surface area is 138 Å². The summed E-state index contributed by atoms with van der Waals surface area (Å²) in [6.45, 7) is 4.11. The minimum atomic E-state index is -0.675. The number of H-pyrrole nitrogens is 1. The van der Waals surface area contributed by atoms with E-state index >= 15 is 0 Å². The number of carbonyl (C=O) groups is 1. The number of nitrogens with one attached hydrogen (secondary N) is 1. The van der Waals surface area contributed by atoms with E-state index in [1.807, 2.05) is 38.1 Å². The monoisotopic (exact) mass is 326 g/mol. The minimum Gasteiger partial charge on any atom is -0.464 e. The van der Waals surface area contributed by atoms with E-state index in [4.69, 9.17) is 14.2 Å². The molecule has 4 rings (SSSR count). The third-order valence-electron chi connectivity index (χ3n) is 4.23. The lowest BCUT2D eigenvalue weighted by molar-refractivity contribution is -0.139. The average molecular weight is 326 g/mol. The number of fused-ring (bicyclic) bond motifs is 3. The molecule has 1 N–H and O–H groups in total. The van der Waals surface area contributed by atoms with Crippen LogP contribution in [0.15, 0.2) is 30.3 Å². The van der Waals surface area contributed by atoms with Crippen LogP contribution in [0.2, 0.25) is 0 Å². The van der Waals surface area contributed by atoms with Crippen LogP contribution >= 0.6 is 0 Å². The number of aromatic amines is 1. The maximum Gasteiger partial charge on any atom is 0.356 e. The van der Waals surface area contributed by atoms with Crippen molar-refractivity contribution in [1.29, 1.82) is 0 Å². The third-order valence-corrected chi connectivity index (χ3v) is 4.23. The summed E-state index contributed by atoms with van der Waals surface area (Å²) in [6.07, 6.45) is -0.347. The van der Waals surface area contributed by atoms with Crippen molar-refractivity contribution in [3.05, 3.63) is 41.7 Å². The number of rotatable bonds is 2. The molecular weight excluding hydrogens is 308 g/mol. The van der Waals surface area contributed by atoms with Crippen molar-refractivity contribution in [2.24, 2.45) is 0 Å². The standard InChI is InChI=1S/C18H18N2O4/c1-18(2)23-9-14(24-18)16-15-11(8-13(20-16)17(21)22-3)10-6-4-5-7-12(10)19-15/h4-8,14,19H,9H2,1-3H3/t14-/m0/s1. The van der Waals surface area contributed by atoms with Crippen LogP contribution in [-0.4, -0.2) is 35.4 Å². The van der Waals surface area contributed by atoms with E-state index in [-0.39, 0.29) is 11.8 Å². The Morgan fingerprint density at radius 3 is 2.83 bits per heavy atom. The molecule has 2 aromatic heterocycles. The molecule has 24 heavy (non-hydrogen) atoms. The molecule has 1 aliphatic rings.